The molecule has 0 saturated carbocycles. The van der Waals surface area contributed by atoms with Crippen LogP contribution in [0.15, 0.2) is 65.8 Å². The summed E-state index contributed by atoms with van der Waals surface area (Å²) in [6.07, 6.45) is 0. The van der Waals surface area contributed by atoms with E-state index in [2.05, 4.69) is 15.4 Å². The molecule has 0 amide bonds. The molecule has 0 unspecified atom stereocenters. The second-order valence-electron chi connectivity index (χ2n) is 5.18. The first-order chi connectivity index (χ1) is 11.6. The lowest BCUT2D eigenvalue weighted by atomic mass is 10.2. The van der Waals surface area contributed by atoms with Gasteiger partial charge < -0.3 is 4.74 Å². The van der Waals surface area contributed by atoms with E-state index in [1.807, 2.05) is 50.2 Å². The third kappa shape index (κ3) is 3.38. The molecule has 0 radical (unpaired) electrons. The SMILES string of the molecule is Cc1nnn(/N=C(/OC(=O)c2ccccc2)c2ccccc2)c1C. The zero-order chi connectivity index (χ0) is 16.9. The van der Waals surface area contributed by atoms with Crippen molar-refractivity contribution >= 4 is 11.9 Å². The molecule has 3 rings (SSSR count). The van der Waals surface area contributed by atoms with Crippen molar-refractivity contribution in [2.45, 2.75) is 13.8 Å². The molecule has 24 heavy (non-hydrogen) atoms. The largest absolute Gasteiger partial charge is 0.402 e. The second kappa shape index (κ2) is 6.87. The van der Waals surface area contributed by atoms with Gasteiger partial charge in [-0.25, -0.2) is 4.79 Å². The summed E-state index contributed by atoms with van der Waals surface area (Å²) in [4.78, 5) is 13.7. The van der Waals surface area contributed by atoms with Crippen LogP contribution in [0, 0.1) is 13.8 Å². The third-order valence-electron chi connectivity index (χ3n) is 3.51. The van der Waals surface area contributed by atoms with E-state index in [1.165, 1.54) is 4.79 Å². The Morgan fingerprint density at radius 1 is 0.958 bits per heavy atom. The van der Waals surface area contributed by atoms with E-state index < -0.39 is 5.97 Å². The fraction of sp³-hybridized carbons (Fsp3) is 0.111. The van der Waals surface area contributed by atoms with Crippen molar-refractivity contribution in [2.24, 2.45) is 5.10 Å². The van der Waals surface area contributed by atoms with E-state index in [0.717, 1.165) is 11.4 Å². The number of nitrogens with zero attached hydrogens (tertiary/aromatic N) is 4. The Kier molecular flexibility index (Phi) is 4.47. The minimum Gasteiger partial charge on any atom is -0.402 e. The van der Waals surface area contributed by atoms with Gasteiger partial charge in [-0.3, -0.25) is 0 Å². The normalized spacial score (nSPS) is 11.3. The molecule has 0 aliphatic carbocycles. The van der Waals surface area contributed by atoms with Crippen molar-refractivity contribution < 1.29 is 9.53 Å². The summed E-state index contributed by atoms with van der Waals surface area (Å²) in [5, 5.41) is 12.2. The zero-order valence-corrected chi connectivity index (χ0v) is 13.4. The maximum absolute atomic E-state index is 12.4. The van der Waals surface area contributed by atoms with Crippen LogP contribution in [0.5, 0.6) is 0 Å². The first-order valence-corrected chi connectivity index (χ1v) is 7.45. The van der Waals surface area contributed by atoms with Crippen molar-refractivity contribution in [1.82, 2.24) is 15.1 Å². The van der Waals surface area contributed by atoms with Crippen LogP contribution < -0.4 is 0 Å². The number of rotatable bonds is 3. The van der Waals surface area contributed by atoms with Gasteiger partial charge in [-0.05, 0) is 43.3 Å². The topological polar surface area (TPSA) is 69.4 Å². The Morgan fingerprint density at radius 3 is 2.08 bits per heavy atom. The van der Waals surface area contributed by atoms with Crippen LogP contribution in [0.2, 0.25) is 0 Å². The number of hydrogen-bond donors (Lipinski definition) is 0. The molecule has 2 aromatic carbocycles. The number of carbonyl (C=O) groups is 1. The highest BCUT2D eigenvalue weighted by atomic mass is 16.5. The van der Waals surface area contributed by atoms with Crippen LogP contribution in [-0.4, -0.2) is 27.0 Å². The average molecular weight is 320 g/mol. The van der Waals surface area contributed by atoms with Crippen molar-refractivity contribution in [3.05, 3.63) is 83.2 Å². The van der Waals surface area contributed by atoms with Crippen LogP contribution in [0.1, 0.15) is 27.3 Å². The molecule has 0 N–H and O–H groups in total. The molecule has 0 atom stereocenters. The van der Waals surface area contributed by atoms with Crippen LogP contribution in [0.25, 0.3) is 0 Å². The minimum atomic E-state index is -0.479. The molecule has 3 aromatic rings. The van der Waals surface area contributed by atoms with Crippen molar-refractivity contribution in [1.29, 1.82) is 0 Å². The van der Waals surface area contributed by atoms with Crippen LogP contribution in [0.3, 0.4) is 0 Å². The van der Waals surface area contributed by atoms with Crippen molar-refractivity contribution in [2.75, 3.05) is 0 Å². The third-order valence-corrected chi connectivity index (χ3v) is 3.51. The highest BCUT2D eigenvalue weighted by Gasteiger charge is 2.15. The first kappa shape index (κ1) is 15.6. The molecule has 1 heterocycles. The van der Waals surface area contributed by atoms with Gasteiger partial charge in [-0.2, -0.15) is 0 Å². The summed E-state index contributed by atoms with van der Waals surface area (Å²) >= 11 is 0. The summed E-state index contributed by atoms with van der Waals surface area (Å²) in [5.74, 6) is -0.315. The molecule has 0 bridgehead atoms. The van der Waals surface area contributed by atoms with Gasteiger partial charge in [0.1, 0.15) is 0 Å². The fourth-order valence-electron chi connectivity index (χ4n) is 2.01. The summed E-state index contributed by atoms with van der Waals surface area (Å²) < 4.78 is 5.51. The summed E-state index contributed by atoms with van der Waals surface area (Å²) in [6.45, 7) is 3.69. The number of carbonyl (C=O) groups excluding carboxylic acids is 1. The number of benzene rings is 2. The van der Waals surface area contributed by atoms with Gasteiger partial charge in [0.2, 0.25) is 5.90 Å². The lowest BCUT2D eigenvalue weighted by molar-refractivity contribution is 0.0716. The molecule has 0 spiro atoms. The molecule has 0 saturated heterocycles. The Balaban J connectivity index is 1.97. The number of esters is 1. The predicted molar refractivity (Wildman–Crippen MR) is 89.7 cm³/mol. The lowest BCUT2D eigenvalue weighted by Crippen LogP contribution is -2.16. The highest BCUT2D eigenvalue weighted by molar-refractivity contribution is 6.04. The zero-order valence-electron chi connectivity index (χ0n) is 13.4. The maximum Gasteiger partial charge on any atom is 0.344 e. The monoisotopic (exact) mass is 320 g/mol. The maximum atomic E-state index is 12.4. The molecular formula is C18H16N4O2. The van der Waals surface area contributed by atoms with Gasteiger partial charge in [0.15, 0.2) is 0 Å². The molecule has 120 valence electrons. The van der Waals surface area contributed by atoms with E-state index in [-0.39, 0.29) is 5.90 Å². The van der Waals surface area contributed by atoms with Gasteiger partial charge >= 0.3 is 5.97 Å². The Bertz CT molecular complexity index is 871. The number of aromatic nitrogens is 3. The lowest BCUT2D eigenvalue weighted by Gasteiger charge is -2.08. The van der Waals surface area contributed by atoms with Gasteiger partial charge in [-0.1, -0.05) is 36.4 Å². The van der Waals surface area contributed by atoms with Gasteiger partial charge in [0.05, 0.1) is 17.0 Å². The molecule has 0 aliphatic heterocycles. The highest BCUT2D eigenvalue weighted by Crippen LogP contribution is 2.09. The van der Waals surface area contributed by atoms with E-state index in [1.54, 1.807) is 24.3 Å². The molecule has 1 aromatic heterocycles. The summed E-state index contributed by atoms with van der Waals surface area (Å²) in [7, 11) is 0. The van der Waals surface area contributed by atoms with Crippen LogP contribution in [-0.2, 0) is 4.74 Å². The van der Waals surface area contributed by atoms with E-state index in [0.29, 0.717) is 11.1 Å². The minimum absolute atomic E-state index is 0.164. The van der Waals surface area contributed by atoms with E-state index in [9.17, 15) is 4.79 Å². The number of hydrogen-bond acceptors (Lipinski definition) is 5. The molecule has 0 aliphatic rings. The van der Waals surface area contributed by atoms with Gasteiger partial charge in [0.25, 0.3) is 0 Å². The van der Waals surface area contributed by atoms with Gasteiger partial charge in [0, 0.05) is 5.56 Å². The predicted octanol–water partition coefficient (Wildman–Crippen LogP) is 2.96. The second-order valence-corrected chi connectivity index (χ2v) is 5.18. The van der Waals surface area contributed by atoms with E-state index >= 15 is 0 Å². The molecule has 0 fully saturated rings. The van der Waals surface area contributed by atoms with Crippen molar-refractivity contribution in [3.8, 4) is 0 Å². The van der Waals surface area contributed by atoms with Crippen molar-refractivity contribution in [3.63, 3.8) is 0 Å². The first-order valence-electron chi connectivity index (χ1n) is 7.45. The Morgan fingerprint density at radius 2 is 1.54 bits per heavy atom. The number of ether oxygens (including phenoxy) is 1. The van der Waals surface area contributed by atoms with E-state index in [4.69, 9.17) is 4.74 Å². The molecular weight excluding hydrogens is 304 g/mol. The molecule has 6 nitrogen and oxygen atoms in total. The number of aryl methyl sites for hydroxylation is 1. The Labute approximate surface area is 139 Å². The van der Waals surface area contributed by atoms with Gasteiger partial charge in [-0.15, -0.1) is 15.0 Å². The van der Waals surface area contributed by atoms with Crippen LogP contribution in [0.4, 0.5) is 0 Å². The molecule has 6 heteroatoms. The fourth-order valence-corrected chi connectivity index (χ4v) is 2.01. The summed E-state index contributed by atoms with van der Waals surface area (Å²) in [6, 6.07) is 18.0. The standard InChI is InChI=1S/C18H16N4O2/c1-13-14(2)22(21-19-13)20-17(15-9-5-3-6-10-15)24-18(23)16-11-7-4-8-12-16/h3-12H,1-2H3/b20-17+. The quantitative estimate of drug-likeness (QED) is 0.423. The average Bonchev–Trinajstić information content (AvgIpc) is 2.94. The smallest absolute Gasteiger partial charge is 0.344 e. The summed E-state index contributed by atoms with van der Waals surface area (Å²) in [5.41, 5.74) is 2.67. The van der Waals surface area contributed by atoms with Crippen LogP contribution >= 0.6 is 0 Å². The Hall–Kier alpha value is -3.28.